The zero-order chi connectivity index (χ0) is 12.7. The van der Waals surface area contributed by atoms with Gasteiger partial charge in [-0.05, 0) is 35.5 Å². The lowest BCUT2D eigenvalue weighted by Gasteiger charge is -1.98. The quantitative estimate of drug-likeness (QED) is 0.814. The van der Waals surface area contributed by atoms with E-state index < -0.39 is 0 Å². The van der Waals surface area contributed by atoms with Crippen LogP contribution in [-0.4, -0.2) is 20.5 Å². The fraction of sp³-hybridized carbons (Fsp3) is 0. The second-order valence-electron chi connectivity index (χ2n) is 3.62. The molecule has 2 amide bonds. The van der Waals surface area contributed by atoms with Crippen LogP contribution in [0.2, 0.25) is 5.15 Å². The number of carbonyl (C=O) groups is 2. The van der Waals surface area contributed by atoms with Crippen molar-refractivity contribution in [3.05, 3.63) is 40.1 Å². The number of amides is 2. The van der Waals surface area contributed by atoms with E-state index in [9.17, 15) is 9.59 Å². The molecular weight excluding hydrogens is 274 g/mol. The molecule has 0 atom stereocenters. The molecule has 90 valence electrons. The molecule has 1 aliphatic rings. The van der Waals surface area contributed by atoms with Gasteiger partial charge in [0.2, 0.25) is 0 Å². The summed E-state index contributed by atoms with van der Waals surface area (Å²) < 4.78 is 1.70. The number of aromatic nitrogens is 2. The number of nitrogens with one attached hydrogen (secondary N) is 1. The largest absolute Gasteiger partial charge is 0.290 e. The zero-order valence-corrected chi connectivity index (χ0v) is 10.5. The lowest BCUT2D eigenvalue weighted by atomic mass is 10.2. The Morgan fingerprint density at radius 2 is 2.22 bits per heavy atom. The molecular formula is C11H6ClN3O2S. The van der Waals surface area contributed by atoms with Crippen LogP contribution >= 0.6 is 23.4 Å². The molecule has 3 heterocycles. The molecule has 5 nitrogen and oxygen atoms in total. The van der Waals surface area contributed by atoms with Crippen molar-refractivity contribution in [2.24, 2.45) is 0 Å². The van der Waals surface area contributed by atoms with Crippen LogP contribution in [0.25, 0.3) is 11.7 Å². The molecule has 18 heavy (non-hydrogen) atoms. The molecule has 7 heteroatoms. The van der Waals surface area contributed by atoms with E-state index in [-0.39, 0.29) is 11.1 Å². The van der Waals surface area contributed by atoms with Crippen molar-refractivity contribution < 1.29 is 9.59 Å². The maximum absolute atomic E-state index is 11.4. The van der Waals surface area contributed by atoms with E-state index in [1.807, 2.05) is 6.07 Å². The fourth-order valence-corrected chi connectivity index (χ4v) is 2.49. The summed E-state index contributed by atoms with van der Waals surface area (Å²) in [5, 5.41) is 2.34. The average molecular weight is 280 g/mol. The van der Waals surface area contributed by atoms with Gasteiger partial charge in [0.05, 0.1) is 11.1 Å². The number of nitrogens with zero attached hydrogens (tertiary/aromatic N) is 2. The van der Waals surface area contributed by atoms with Gasteiger partial charge in [0.15, 0.2) is 0 Å². The summed E-state index contributed by atoms with van der Waals surface area (Å²) in [5.41, 5.74) is 1.50. The SMILES string of the molecule is O=C1NC(=O)/C(=C/c2ccc3ncc(Cl)n3c2)S1. The Morgan fingerprint density at radius 1 is 1.39 bits per heavy atom. The van der Waals surface area contributed by atoms with Gasteiger partial charge in [-0.3, -0.25) is 19.3 Å². The number of pyridine rings is 1. The van der Waals surface area contributed by atoms with Crippen LogP contribution in [0.5, 0.6) is 0 Å². The first-order chi connectivity index (χ1) is 8.63. The maximum atomic E-state index is 11.4. The Balaban J connectivity index is 2.04. The van der Waals surface area contributed by atoms with E-state index in [2.05, 4.69) is 10.3 Å². The van der Waals surface area contributed by atoms with Gasteiger partial charge in [0.25, 0.3) is 11.1 Å². The highest BCUT2D eigenvalue weighted by Gasteiger charge is 2.24. The number of imide groups is 1. The second kappa shape index (κ2) is 4.15. The minimum absolute atomic E-state index is 0.354. The third-order valence-electron chi connectivity index (χ3n) is 2.42. The average Bonchev–Trinajstić information content (AvgIpc) is 2.84. The number of carbonyl (C=O) groups excluding carboxylic acids is 2. The predicted octanol–water partition coefficient (Wildman–Crippen LogP) is 2.31. The monoisotopic (exact) mass is 279 g/mol. The first kappa shape index (κ1) is 11.3. The summed E-state index contributed by atoms with van der Waals surface area (Å²) in [6.07, 6.45) is 4.95. The molecule has 1 fully saturated rings. The first-order valence-corrected chi connectivity index (χ1v) is 6.20. The summed E-state index contributed by atoms with van der Waals surface area (Å²) in [6.45, 7) is 0. The van der Waals surface area contributed by atoms with E-state index in [4.69, 9.17) is 11.6 Å². The fourth-order valence-electron chi connectivity index (χ4n) is 1.63. The number of hydrogen-bond acceptors (Lipinski definition) is 4. The van der Waals surface area contributed by atoms with Crippen LogP contribution in [-0.2, 0) is 4.79 Å². The summed E-state index contributed by atoms with van der Waals surface area (Å²) in [4.78, 5) is 26.9. The highest BCUT2D eigenvalue weighted by Crippen LogP contribution is 2.25. The van der Waals surface area contributed by atoms with Crippen molar-refractivity contribution in [3.63, 3.8) is 0 Å². The Hall–Kier alpha value is -1.79. The van der Waals surface area contributed by atoms with Gasteiger partial charge < -0.3 is 0 Å². The molecule has 0 bridgehead atoms. The third kappa shape index (κ3) is 1.89. The van der Waals surface area contributed by atoms with E-state index in [1.165, 1.54) is 0 Å². The first-order valence-electron chi connectivity index (χ1n) is 5.01. The molecule has 1 aliphatic heterocycles. The topological polar surface area (TPSA) is 63.5 Å². The highest BCUT2D eigenvalue weighted by molar-refractivity contribution is 8.18. The summed E-state index contributed by atoms with van der Waals surface area (Å²) in [6, 6.07) is 3.60. The Bertz CT molecular complexity index is 707. The van der Waals surface area contributed by atoms with E-state index in [0.717, 1.165) is 23.0 Å². The maximum Gasteiger partial charge on any atom is 0.290 e. The lowest BCUT2D eigenvalue weighted by molar-refractivity contribution is -0.115. The molecule has 0 aromatic carbocycles. The molecule has 1 saturated heterocycles. The van der Waals surface area contributed by atoms with Gasteiger partial charge >= 0.3 is 0 Å². The Morgan fingerprint density at radius 3 is 2.94 bits per heavy atom. The van der Waals surface area contributed by atoms with Crippen LogP contribution in [0, 0.1) is 0 Å². The molecule has 0 spiro atoms. The molecule has 0 unspecified atom stereocenters. The molecule has 0 saturated carbocycles. The third-order valence-corrected chi connectivity index (χ3v) is 3.51. The number of imidazole rings is 1. The van der Waals surface area contributed by atoms with Gasteiger partial charge in [0.1, 0.15) is 10.8 Å². The predicted molar refractivity (Wildman–Crippen MR) is 69.3 cm³/mol. The van der Waals surface area contributed by atoms with Gasteiger partial charge in [0, 0.05) is 6.20 Å². The van der Waals surface area contributed by atoms with Crippen LogP contribution in [0.3, 0.4) is 0 Å². The summed E-state index contributed by atoms with van der Waals surface area (Å²) >= 11 is 6.84. The standard InChI is InChI=1S/C11H6ClN3O2S/c12-8-4-13-9-2-1-6(5-15(8)9)3-7-10(16)14-11(17)18-7/h1-5H,(H,14,16,17)/b7-3-. The van der Waals surface area contributed by atoms with Crippen molar-refractivity contribution >= 4 is 46.2 Å². The minimum atomic E-state index is -0.373. The van der Waals surface area contributed by atoms with Gasteiger partial charge in [-0.25, -0.2) is 4.98 Å². The van der Waals surface area contributed by atoms with E-state index >= 15 is 0 Å². The summed E-state index contributed by atoms with van der Waals surface area (Å²) in [7, 11) is 0. The number of thioether (sulfide) groups is 1. The zero-order valence-electron chi connectivity index (χ0n) is 8.88. The molecule has 0 aliphatic carbocycles. The normalized spacial score (nSPS) is 17.7. The number of rotatable bonds is 1. The smallest absolute Gasteiger partial charge is 0.290 e. The Labute approximate surface area is 111 Å². The number of halogens is 1. The molecule has 1 N–H and O–H groups in total. The summed E-state index contributed by atoms with van der Waals surface area (Å²) in [5.74, 6) is -0.373. The number of fused-ring (bicyclic) bond motifs is 1. The van der Waals surface area contributed by atoms with Gasteiger partial charge in [-0.2, -0.15) is 0 Å². The van der Waals surface area contributed by atoms with Crippen LogP contribution in [0.4, 0.5) is 4.79 Å². The van der Waals surface area contributed by atoms with Crippen molar-refractivity contribution in [3.8, 4) is 0 Å². The van der Waals surface area contributed by atoms with E-state index in [1.54, 1.807) is 28.9 Å². The molecule has 3 rings (SSSR count). The van der Waals surface area contributed by atoms with Crippen molar-refractivity contribution in [2.75, 3.05) is 0 Å². The number of hydrogen-bond donors (Lipinski definition) is 1. The molecule has 2 aromatic heterocycles. The van der Waals surface area contributed by atoms with Crippen molar-refractivity contribution in [1.82, 2.24) is 14.7 Å². The van der Waals surface area contributed by atoms with E-state index in [0.29, 0.717) is 10.1 Å². The van der Waals surface area contributed by atoms with Gasteiger partial charge in [-0.1, -0.05) is 11.6 Å². The molecule has 0 radical (unpaired) electrons. The van der Waals surface area contributed by atoms with Crippen molar-refractivity contribution in [1.29, 1.82) is 0 Å². The second-order valence-corrected chi connectivity index (χ2v) is 5.03. The van der Waals surface area contributed by atoms with Crippen LogP contribution in [0.15, 0.2) is 29.4 Å². The lowest BCUT2D eigenvalue weighted by Crippen LogP contribution is -2.17. The highest BCUT2D eigenvalue weighted by atomic mass is 35.5. The van der Waals surface area contributed by atoms with Crippen LogP contribution < -0.4 is 5.32 Å². The van der Waals surface area contributed by atoms with Crippen molar-refractivity contribution in [2.45, 2.75) is 0 Å². The Kier molecular flexibility index (Phi) is 2.61. The van der Waals surface area contributed by atoms with Crippen LogP contribution in [0.1, 0.15) is 5.56 Å². The molecule has 2 aromatic rings. The van der Waals surface area contributed by atoms with Gasteiger partial charge in [-0.15, -0.1) is 0 Å². The minimum Gasteiger partial charge on any atom is -0.290 e.